The van der Waals surface area contributed by atoms with Crippen LogP contribution in [0.5, 0.6) is 5.75 Å². The number of amides is 1. The van der Waals surface area contributed by atoms with Crippen LogP contribution in [0.3, 0.4) is 0 Å². The monoisotopic (exact) mass is 528 g/mol. The summed E-state index contributed by atoms with van der Waals surface area (Å²) in [5, 5.41) is 11.2. The predicted molar refractivity (Wildman–Crippen MR) is 126 cm³/mol. The number of carbonyl (C=O) groups is 1. The number of halogens is 1. The predicted octanol–water partition coefficient (Wildman–Crippen LogP) is 2.19. The third-order valence-electron chi connectivity index (χ3n) is 5.69. The highest BCUT2D eigenvalue weighted by Gasteiger charge is 2.36. The van der Waals surface area contributed by atoms with E-state index >= 15 is 0 Å². The van der Waals surface area contributed by atoms with Gasteiger partial charge in [0, 0.05) is 18.8 Å². The van der Waals surface area contributed by atoms with Gasteiger partial charge in [-0.05, 0) is 55.3 Å². The van der Waals surface area contributed by atoms with Gasteiger partial charge in [-0.3, -0.25) is 9.62 Å². The van der Waals surface area contributed by atoms with Crippen molar-refractivity contribution in [3.05, 3.63) is 48.3 Å². The van der Waals surface area contributed by atoms with E-state index in [9.17, 15) is 26.0 Å². The quantitative estimate of drug-likeness (QED) is 0.499. The number of sulfonamides is 1. The molecule has 0 saturated carbocycles. The van der Waals surface area contributed by atoms with E-state index in [0.29, 0.717) is 13.1 Å². The maximum Gasteiger partial charge on any atom is 0.409 e. The molecule has 0 aromatic heterocycles. The smallest absolute Gasteiger partial charge is 0.409 e. The third kappa shape index (κ3) is 5.66. The van der Waals surface area contributed by atoms with Gasteiger partial charge in [-0.2, -0.15) is 17.4 Å². The Hall–Kier alpha value is -2.94. The first-order valence-electron chi connectivity index (χ1n) is 10.9. The summed E-state index contributed by atoms with van der Waals surface area (Å²) in [6.07, 6.45) is 0.286. The fourth-order valence-electron chi connectivity index (χ4n) is 3.98. The largest absolute Gasteiger partial charge is 0.485 e. The Balaban J connectivity index is 1.63. The number of rotatable bonds is 7. The van der Waals surface area contributed by atoms with Crippen molar-refractivity contribution in [1.82, 2.24) is 9.03 Å². The number of anilines is 2. The number of hydrogen-bond acceptors (Lipinski definition) is 6. The topological polar surface area (TPSA) is 145 Å². The van der Waals surface area contributed by atoms with Gasteiger partial charge in [-0.25, -0.2) is 17.6 Å². The van der Waals surface area contributed by atoms with Crippen LogP contribution in [0.2, 0.25) is 0 Å². The molecule has 2 aliphatic rings. The zero-order valence-electron chi connectivity index (χ0n) is 18.6. The lowest BCUT2D eigenvalue weighted by Crippen LogP contribution is -2.51. The summed E-state index contributed by atoms with van der Waals surface area (Å²) in [5.41, 5.74) is 0.180. The van der Waals surface area contributed by atoms with E-state index in [1.165, 1.54) is 22.5 Å². The van der Waals surface area contributed by atoms with E-state index in [0.717, 1.165) is 47.8 Å². The highest BCUT2D eigenvalue weighted by molar-refractivity contribution is 7.92. The van der Waals surface area contributed by atoms with Crippen molar-refractivity contribution < 1.29 is 35.9 Å². The van der Waals surface area contributed by atoms with Crippen LogP contribution in [-0.2, 0) is 20.2 Å². The van der Waals surface area contributed by atoms with Crippen molar-refractivity contribution >= 4 is 37.7 Å². The molecule has 2 aromatic rings. The first-order chi connectivity index (χ1) is 16.6. The van der Waals surface area contributed by atoms with E-state index in [-0.39, 0.29) is 35.1 Å². The number of carboxylic acid groups (broad SMARTS) is 1. The molecule has 0 bridgehead atoms. The summed E-state index contributed by atoms with van der Waals surface area (Å²) in [6.45, 7) is 0.372. The van der Waals surface area contributed by atoms with Crippen LogP contribution in [-0.4, -0.2) is 64.6 Å². The average Bonchev–Trinajstić information content (AvgIpc) is 2.83. The van der Waals surface area contributed by atoms with Gasteiger partial charge in [0.15, 0.2) is 0 Å². The molecule has 2 aromatic carbocycles. The molecule has 1 fully saturated rings. The van der Waals surface area contributed by atoms with Crippen LogP contribution in [0.1, 0.15) is 19.3 Å². The normalized spacial score (nSPS) is 19.0. The molecule has 1 atom stereocenters. The van der Waals surface area contributed by atoms with E-state index < -0.39 is 38.2 Å². The molecular weight excluding hydrogens is 503 g/mol. The fourth-order valence-corrected chi connectivity index (χ4v) is 6.79. The third-order valence-corrected chi connectivity index (χ3v) is 9.06. The number of fused-ring (bicyclic) bond motifs is 1. The molecule has 1 amide bonds. The van der Waals surface area contributed by atoms with Crippen molar-refractivity contribution in [2.75, 3.05) is 35.8 Å². The van der Waals surface area contributed by atoms with Crippen molar-refractivity contribution in [1.29, 1.82) is 0 Å². The summed E-state index contributed by atoms with van der Waals surface area (Å²) in [7, 11) is -7.99. The minimum Gasteiger partial charge on any atom is -0.485 e. The Bertz CT molecular complexity index is 1300. The van der Waals surface area contributed by atoms with Crippen LogP contribution in [0.15, 0.2) is 47.4 Å². The van der Waals surface area contributed by atoms with Gasteiger partial charge in [-0.15, -0.1) is 0 Å². The van der Waals surface area contributed by atoms with Crippen LogP contribution in [0.4, 0.5) is 20.6 Å². The molecule has 3 N–H and O–H groups in total. The van der Waals surface area contributed by atoms with E-state index in [2.05, 4.69) is 10.0 Å². The number of benzene rings is 2. The van der Waals surface area contributed by atoms with Gasteiger partial charge >= 0.3 is 6.09 Å². The Morgan fingerprint density at radius 2 is 1.74 bits per heavy atom. The molecule has 1 unspecified atom stereocenters. The minimum absolute atomic E-state index is 0.0655. The lowest BCUT2D eigenvalue weighted by molar-refractivity contribution is 0.201. The Morgan fingerprint density at radius 3 is 2.40 bits per heavy atom. The summed E-state index contributed by atoms with van der Waals surface area (Å²) in [6, 6.07) is 8.37. The van der Waals surface area contributed by atoms with E-state index in [4.69, 9.17) is 9.84 Å². The number of nitrogens with zero attached hydrogens (tertiary/aromatic N) is 2. The van der Waals surface area contributed by atoms with Gasteiger partial charge in [0.2, 0.25) is 0 Å². The van der Waals surface area contributed by atoms with Gasteiger partial charge in [0.05, 0.1) is 23.7 Å². The standard InChI is InChI=1S/C21H25FN4O7S2/c22-15-4-7-18(8-5-15)34(29,30)26-14-17(13-23-35(31,32)25-10-2-1-3-11-25)33-20-9-6-16(12-19(20)26)24-21(27)28/h4-9,12,17,23-24H,1-3,10-11,13-14H2,(H,27,28). The molecule has 0 spiro atoms. The average molecular weight is 529 g/mol. The molecule has 190 valence electrons. The van der Waals surface area contributed by atoms with E-state index in [1.54, 1.807) is 0 Å². The maximum atomic E-state index is 13.5. The molecule has 11 nitrogen and oxygen atoms in total. The molecule has 0 radical (unpaired) electrons. The van der Waals surface area contributed by atoms with E-state index in [1.807, 2.05) is 0 Å². The van der Waals surface area contributed by atoms with Crippen LogP contribution in [0, 0.1) is 5.82 Å². The maximum absolute atomic E-state index is 13.5. The first-order valence-corrected chi connectivity index (χ1v) is 13.8. The lowest BCUT2D eigenvalue weighted by atomic mass is 10.2. The summed E-state index contributed by atoms with van der Waals surface area (Å²) in [4.78, 5) is 10.9. The molecule has 1 saturated heterocycles. The minimum atomic E-state index is -4.22. The SMILES string of the molecule is O=C(O)Nc1ccc2c(c1)N(S(=O)(=O)c1ccc(F)cc1)CC(CNS(=O)(=O)N1CCCCC1)O2. The second-order valence-electron chi connectivity index (χ2n) is 8.16. The van der Waals surface area contributed by atoms with Gasteiger partial charge < -0.3 is 9.84 Å². The zero-order chi connectivity index (χ0) is 25.2. The van der Waals surface area contributed by atoms with Crippen molar-refractivity contribution in [2.24, 2.45) is 0 Å². The molecule has 2 heterocycles. The van der Waals surface area contributed by atoms with Crippen molar-refractivity contribution in [3.63, 3.8) is 0 Å². The fraction of sp³-hybridized carbons (Fsp3) is 0.381. The Morgan fingerprint density at radius 1 is 1.06 bits per heavy atom. The van der Waals surface area contributed by atoms with Crippen molar-refractivity contribution in [3.8, 4) is 5.75 Å². The molecular formula is C21H25FN4O7S2. The molecule has 14 heteroatoms. The Labute approximate surface area is 202 Å². The zero-order valence-corrected chi connectivity index (χ0v) is 20.2. The molecule has 4 rings (SSSR count). The molecule has 0 aliphatic carbocycles. The van der Waals surface area contributed by atoms with Gasteiger partial charge in [-0.1, -0.05) is 6.42 Å². The van der Waals surface area contributed by atoms with Crippen LogP contribution >= 0.6 is 0 Å². The van der Waals surface area contributed by atoms with Gasteiger partial charge in [0.1, 0.15) is 17.7 Å². The van der Waals surface area contributed by atoms with Crippen molar-refractivity contribution in [2.45, 2.75) is 30.3 Å². The highest BCUT2D eigenvalue weighted by atomic mass is 32.2. The summed E-state index contributed by atoms with van der Waals surface area (Å²) in [5.74, 6) is -0.482. The second-order valence-corrected chi connectivity index (χ2v) is 11.8. The van der Waals surface area contributed by atoms with Gasteiger partial charge in [0.25, 0.3) is 20.2 Å². The molecule has 2 aliphatic heterocycles. The summed E-state index contributed by atoms with van der Waals surface area (Å²) < 4.78 is 76.4. The number of piperidine rings is 1. The number of hydrogen-bond donors (Lipinski definition) is 3. The Kier molecular flexibility index (Phi) is 7.17. The summed E-state index contributed by atoms with van der Waals surface area (Å²) >= 11 is 0. The number of ether oxygens (including phenoxy) is 1. The highest BCUT2D eigenvalue weighted by Crippen LogP contribution is 2.39. The first kappa shape index (κ1) is 25.2. The lowest BCUT2D eigenvalue weighted by Gasteiger charge is -2.36. The molecule has 35 heavy (non-hydrogen) atoms. The second kappa shape index (κ2) is 9.97. The number of nitrogens with one attached hydrogen (secondary N) is 2. The van der Waals surface area contributed by atoms with Crippen LogP contribution < -0.4 is 19.1 Å². The van der Waals surface area contributed by atoms with Crippen LogP contribution in [0.25, 0.3) is 0 Å².